The number of nitrogens with zero attached hydrogens (tertiary/aromatic N) is 1. The fraction of sp³-hybridized carbons (Fsp3) is 0.625. The van der Waals surface area contributed by atoms with E-state index in [-0.39, 0.29) is 0 Å². The van der Waals surface area contributed by atoms with Crippen molar-refractivity contribution >= 4 is 0 Å². The molecule has 0 saturated carbocycles. The Morgan fingerprint density at radius 3 is 2.19 bits per heavy atom. The van der Waals surface area contributed by atoms with Gasteiger partial charge in [0.1, 0.15) is 0 Å². The van der Waals surface area contributed by atoms with Gasteiger partial charge in [-0.25, -0.2) is 0 Å². The van der Waals surface area contributed by atoms with E-state index in [2.05, 4.69) is 18.7 Å². The minimum absolute atomic E-state index is 0.420. The van der Waals surface area contributed by atoms with Gasteiger partial charge in [-0.1, -0.05) is 6.07 Å². The number of aliphatic hydroxyl groups is 1. The molecule has 5 heteroatoms. The van der Waals surface area contributed by atoms with Crippen LogP contribution in [-0.4, -0.2) is 29.1 Å². The van der Waals surface area contributed by atoms with Crippen molar-refractivity contribution in [3.8, 4) is 0 Å². The summed E-state index contributed by atoms with van der Waals surface area (Å²) >= 11 is 0. The molecular formula is C16H22F3NO. The summed E-state index contributed by atoms with van der Waals surface area (Å²) in [6.07, 6.45) is -3.23. The Balaban J connectivity index is 2.23. The molecule has 21 heavy (non-hydrogen) atoms. The van der Waals surface area contributed by atoms with Crippen LogP contribution in [0.1, 0.15) is 43.4 Å². The second kappa shape index (κ2) is 5.61. The van der Waals surface area contributed by atoms with Crippen LogP contribution in [-0.2, 0) is 11.8 Å². The molecule has 0 radical (unpaired) electrons. The van der Waals surface area contributed by atoms with Crippen LogP contribution in [0.5, 0.6) is 0 Å². The summed E-state index contributed by atoms with van der Waals surface area (Å²) in [5.74, 6) is 0. The molecule has 118 valence electrons. The molecule has 0 atom stereocenters. The van der Waals surface area contributed by atoms with Crippen LogP contribution in [0.3, 0.4) is 0 Å². The monoisotopic (exact) mass is 301 g/mol. The topological polar surface area (TPSA) is 23.5 Å². The number of rotatable bonds is 2. The SMILES string of the molecule is Cc1cc(C(F)(F)F)ccc1C1(O)CCN(C(C)C)CC1. The van der Waals surface area contributed by atoms with Crippen molar-refractivity contribution in [3.05, 3.63) is 34.9 Å². The minimum atomic E-state index is -4.34. The van der Waals surface area contributed by atoms with Crippen LogP contribution in [0.25, 0.3) is 0 Å². The molecule has 2 nitrogen and oxygen atoms in total. The molecule has 1 heterocycles. The summed E-state index contributed by atoms with van der Waals surface area (Å²) in [6, 6.07) is 4.05. The molecule has 0 aliphatic carbocycles. The van der Waals surface area contributed by atoms with Crippen LogP contribution in [0, 0.1) is 6.92 Å². The van der Waals surface area contributed by atoms with Crippen LogP contribution in [0.2, 0.25) is 0 Å². The van der Waals surface area contributed by atoms with E-state index < -0.39 is 17.3 Å². The van der Waals surface area contributed by atoms with E-state index in [1.54, 1.807) is 6.92 Å². The highest BCUT2D eigenvalue weighted by molar-refractivity contribution is 5.36. The van der Waals surface area contributed by atoms with Crippen molar-refractivity contribution in [2.45, 2.75) is 51.4 Å². The van der Waals surface area contributed by atoms with Crippen molar-refractivity contribution in [3.63, 3.8) is 0 Å². The standard InChI is InChI=1S/C16H22F3NO/c1-11(2)20-8-6-15(21,7-9-20)14-5-4-13(10-12(14)3)16(17,18)19/h4-5,10-11,21H,6-9H2,1-3H3. The number of benzene rings is 1. The lowest BCUT2D eigenvalue weighted by molar-refractivity contribution is -0.137. The number of likely N-dealkylation sites (tertiary alicyclic amines) is 1. The zero-order chi connectivity index (χ0) is 15.8. The normalized spacial score (nSPS) is 20.0. The van der Waals surface area contributed by atoms with Gasteiger partial charge in [-0.2, -0.15) is 13.2 Å². The Morgan fingerprint density at radius 2 is 1.76 bits per heavy atom. The first kappa shape index (κ1) is 16.3. The third-order valence-electron chi connectivity index (χ3n) is 4.41. The number of alkyl halides is 3. The van der Waals surface area contributed by atoms with E-state index in [4.69, 9.17) is 0 Å². The molecule has 1 aromatic carbocycles. The van der Waals surface area contributed by atoms with Crippen LogP contribution in [0.15, 0.2) is 18.2 Å². The largest absolute Gasteiger partial charge is 0.416 e. The Bertz CT molecular complexity index is 503. The lowest BCUT2D eigenvalue weighted by atomic mass is 9.81. The van der Waals surface area contributed by atoms with Gasteiger partial charge in [0, 0.05) is 19.1 Å². The van der Waals surface area contributed by atoms with Gasteiger partial charge in [-0.05, 0) is 56.9 Å². The van der Waals surface area contributed by atoms with Gasteiger partial charge < -0.3 is 10.0 Å². The van der Waals surface area contributed by atoms with Gasteiger partial charge >= 0.3 is 6.18 Å². The summed E-state index contributed by atoms with van der Waals surface area (Å²) in [6.45, 7) is 7.36. The second-order valence-corrected chi connectivity index (χ2v) is 6.19. The van der Waals surface area contributed by atoms with E-state index >= 15 is 0 Å². The Kier molecular flexibility index (Phi) is 4.36. The van der Waals surface area contributed by atoms with Crippen molar-refractivity contribution in [2.24, 2.45) is 0 Å². The number of hydrogen-bond acceptors (Lipinski definition) is 2. The first-order chi connectivity index (χ1) is 9.63. The van der Waals surface area contributed by atoms with Crippen LogP contribution < -0.4 is 0 Å². The van der Waals surface area contributed by atoms with Crippen LogP contribution in [0.4, 0.5) is 13.2 Å². The molecule has 1 aliphatic rings. The molecule has 0 bridgehead atoms. The highest BCUT2D eigenvalue weighted by Gasteiger charge is 2.37. The molecule has 0 aromatic heterocycles. The quantitative estimate of drug-likeness (QED) is 0.900. The zero-order valence-electron chi connectivity index (χ0n) is 12.7. The van der Waals surface area contributed by atoms with Gasteiger partial charge in [0.15, 0.2) is 0 Å². The van der Waals surface area contributed by atoms with Gasteiger partial charge in [0.2, 0.25) is 0 Å². The predicted octanol–water partition coefficient (Wildman–Crippen LogP) is 3.71. The van der Waals surface area contributed by atoms with Gasteiger partial charge in [0.05, 0.1) is 11.2 Å². The number of hydrogen-bond donors (Lipinski definition) is 1. The highest BCUT2D eigenvalue weighted by atomic mass is 19.4. The molecule has 0 spiro atoms. The Morgan fingerprint density at radius 1 is 1.19 bits per heavy atom. The minimum Gasteiger partial charge on any atom is -0.385 e. The third-order valence-corrected chi connectivity index (χ3v) is 4.41. The Hall–Kier alpha value is -1.07. The summed E-state index contributed by atoms with van der Waals surface area (Å²) in [5.41, 5.74) is -0.546. The molecule has 1 aromatic rings. The molecule has 1 saturated heterocycles. The number of piperidine rings is 1. The fourth-order valence-corrected chi connectivity index (χ4v) is 3.04. The van der Waals surface area contributed by atoms with Gasteiger partial charge in [-0.3, -0.25) is 0 Å². The molecule has 2 rings (SSSR count). The van der Waals surface area contributed by atoms with E-state index in [0.717, 1.165) is 25.2 Å². The van der Waals surface area contributed by atoms with Gasteiger partial charge in [0.25, 0.3) is 0 Å². The molecular weight excluding hydrogens is 279 g/mol. The van der Waals surface area contributed by atoms with E-state index in [0.29, 0.717) is 30.0 Å². The summed E-state index contributed by atoms with van der Waals surface area (Å²) in [7, 11) is 0. The van der Waals surface area contributed by atoms with E-state index in [1.807, 2.05) is 0 Å². The van der Waals surface area contributed by atoms with Crippen LogP contribution >= 0.6 is 0 Å². The summed E-state index contributed by atoms with van der Waals surface area (Å²) in [5, 5.41) is 10.8. The second-order valence-electron chi connectivity index (χ2n) is 6.19. The van der Waals surface area contributed by atoms with E-state index in [1.165, 1.54) is 6.07 Å². The molecule has 0 amide bonds. The van der Waals surface area contributed by atoms with Crippen molar-refractivity contribution in [2.75, 3.05) is 13.1 Å². The summed E-state index contributed by atoms with van der Waals surface area (Å²) < 4.78 is 38.1. The molecule has 1 fully saturated rings. The third kappa shape index (κ3) is 3.40. The smallest absolute Gasteiger partial charge is 0.385 e. The maximum absolute atomic E-state index is 12.7. The maximum Gasteiger partial charge on any atom is 0.416 e. The van der Waals surface area contributed by atoms with Crippen molar-refractivity contribution in [1.82, 2.24) is 4.90 Å². The average Bonchev–Trinajstić information content (AvgIpc) is 2.37. The fourth-order valence-electron chi connectivity index (χ4n) is 3.04. The number of halogens is 3. The van der Waals surface area contributed by atoms with Crippen molar-refractivity contribution < 1.29 is 18.3 Å². The lowest BCUT2D eigenvalue weighted by Crippen LogP contribution is -2.45. The molecule has 0 unspecified atom stereocenters. The first-order valence-electron chi connectivity index (χ1n) is 7.28. The summed E-state index contributed by atoms with van der Waals surface area (Å²) in [4.78, 5) is 2.27. The van der Waals surface area contributed by atoms with Crippen molar-refractivity contribution in [1.29, 1.82) is 0 Å². The predicted molar refractivity (Wildman–Crippen MR) is 76.0 cm³/mol. The first-order valence-corrected chi connectivity index (χ1v) is 7.28. The molecule has 1 N–H and O–H groups in total. The lowest BCUT2D eigenvalue weighted by Gasteiger charge is -2.41. The highest BCUT2D eigenvalue weighted by Crippen LogP contribution is 2.37. The average molecular weight is 301 g/mol. The van der Waals surface area contributed by atoms with E-state index in [9.17, 15) is 18.3 Å². The number of aryl methyl sites for hydroxylation is 1. The Labute approximate surface area is 123 Å². The zero-order valence-corrected chi connectivity index (χ0v) is 12.7. The van der Waals surface area contributed by atoms with Gasteiger partial charge in [-0.15, -0.1) is 0 Å². The maximum atomic E-state index is 12.7. The molecule has 1 aliphatic heterocycles.